The van der Waals surface area contributed by atoms with E-state index >= 15 is 0 Å². The summed E-state index contributed by atoms with van der Waals surface area (Å²) in [4.78, 5) is 19.7. The Morgan fingerprint density at radius 2 is 2.27 bits per heavy atom. The molecule has 0 fully saturated rings. The number of aromatic nitrogens is 2. The summed E-state index contributed by atoms with van der Waals surface area (Å²) in [7, 11) is 1.29. The predicted octanol–water partition coefficient (Wildman–Crippen LogP) is 3.27. The van der Waals surface area contributed by atoms with Crippen LogP contribution in [0.15, 0.2) is 41.1 Å². The number of fused-ring (bicyclic) bond motifs is 1. The third-order valence-electron chi connectivity index (χ3n) is 3.09. The third-order valence-corrected chi connectivity index (χ3v) is 3.42. The number of nitrogens with zero attached hydrogens (tertiary/aromatic N) is 2. The summed E-state index contributed by atoms with van der Waals surface area (Å²) in [5, 5.41) is 4.67. The van der Waals surface area contributed by atoms with Crippen LogP contribution in [-0.2, 0) is 11.3 Å². The fourth-order valence-corrected chi connectivity index (χ4v) is 2.26. The van der Waals surface area contributed by atoms with Gasteiger partial charge in [0.15, 0.2) is 5.69 Å². The van der Waals surface area contributed by atoms with Crippen LogP contribution in [0.3, 0.4) is 0 Å². The molecule has 0 radical (unpaired) electrons. The Bertz CT molecular complexity index is 832. The Kier molecular flexibility index (Phi) is 3.93. The van der Waals surface area contributed by atoms with Crippen LogP contribution in [0.2, 0.25) is 5.02 Å². The number of benzene rings is 1. The van der Waals surface area contributed by atoms with Crippen molar-refractivity contribution >= 4 is 34.2 Å². The van der Waals surface area contributed by atoms with Gasteiger partial charge < -0.3 is 14.5 Å². The Morgan fingerprint density at radius 1 is 1.41 bits per heavy atom. The highest BCUT2D eigenvalue weighted by molar-refractivity contribution is 6.35. The van der Waals surface area contributed by atoms with Gasteiger partial charge in [0.2, 0.25) is 5.89 Å². The predicted molar refractivity (Wildman–Crippen MR) is 81.9 cm³/mol. The minimum absolute atomic E-state index is 0.137. The van der Waals surface area contributed by atoms with Gasteiger partial charge in [-0.2, -0.15) is 0 Å². The topological polar surface area (TPSA) is 77.2 Å². The number of carbonyl (C=O) groups is 1. The molecule has 6 nitrogen and oxygen atoms in total. The second-order valence-electron chi connectivity index (χ2n) is 4.47. The number of halogens is 1. The van der Waals surface area contributed by atoms with Crippen LogP contribution in [0, 0.1) is 0 Å². The van der Waals surface area contributed by atoms with Gasteiger partial charge in [0.25, 0.3) is 0 Å². The van der Waals surface area contributed by atoms with Crippen molar-refractivity contribution in [2.45, 2.75) is 6.54 Å². The molecule has 2 aromatic heterocycles. The van der Waals surface area contributed by atoms with Crippen molar-refractivity contribution in [3.8, 4) is 0 Å². The first-order chi connectivity index (χ1) is 10.7. The second kappa shape index (κ2) is 6.03. The maximum Gasteiger partial charge on any atom is 0.360 e. The van der Waals surface area contributed by atoms with Gasteiger partial charge in [0, 0.05) is 11.6 Å². The van der Waals surface area contributed by atoms with Crippen molar-refractivity contribution in [2.24, 2.45) is 0 Å². The SMILES string of the molecule is COC(=O)c1coc(CNc2ccc(Cl)c3cccnc23)n1. The van der Waals surface area contributed by atoms with E-state index in [9.17, 15) is 4.79 Å². The van der Waals surface area contributed by atoms with Crippen molar-refractivity contribution in [1.29, 1.82) is 0 Å². The van der Waals surface area contributed by atoms with Crippen LogP contribution >= 0.6 is 11.6 Å². The summed E-state index contributed by atoms with van der Waals surface area (Å²) in [5.41, 5.74) is 1.70. The van der Waals surface area contributed by atoms with E-state index in [2.05, 4.69) is 20.0 Å². The molecule has 3 rings (SSSR count). The van der Waals surface area contributed by atoms with E-state index in [-0.39, 0.29) is 5.69 Å². The van der Waals surface area contributed by atoms with Crippen LogP contribution in [0.25, 0.3) is 10.9 Å². The van der Waals surface area contributed by atoms with Gasteiger partial charge in [0.1, 0.15) is 6.26 Å². The lowest BCUT2D eigenvalue weighted by Crippen LogP contribution is -2.04. The normalized spacial score (nSPS) is 10.6. The molecule has 0 unspecified atom stereocenters. The number of oxazole rings is 1. The number of pyridine rings is 1. The quantitative estimate of drug-likeness (QED) is 0.744. The lowest BCUT2D eigenvalue weighted by Gasteiger charge is -2.08. The van der Waals surface area contributed by atoms with E-state index in [1.165, 1.54) is 13.4 Å². The first-order valence-corrected chi connectivity index (χ1v) is 6.86. The molecule has 0 atom stereocenters. The average molecular weight is 318 g/mol. The van der Waals surface area contributed by atoms with Gasteiger partial charge in [-0.15, -0.1) is 0 Å². The molecule has 0 aliphatic carbocycles. The van der Waals surface area contributed by atoms with E-state index in [0.717, 1.165) is 16.6 Å². The largest absolute Gasteiger partial charge is 0.464 e. The molecule has 1 aromatic carbocycles. The third kappa shape index (κ3) is 2.73. The Hall–Kier alpha value is -2.60. The van der Waals surface area contributed by atoms with Crippen molar-refractivity contribution in [3.05, 3.63) is 53.3 Å². The van der Waals surface area contributed by atoms with Crippen molar-refractivity contribution in [3.63, 3.8) is 0 Å². The van der Waals surface area contributed by atoms with Crippen LogP contribution in [0.1, 0.15) is 16.4 Å². The molecule has 7 heteroatoms. The van der Waals surface area contributed by atoms with E-state index in [1.54, 1.807) is 12.3 Å². The molecule has 0 aliphatic heterocycles. The summed E-state index contributed by atoms with van der Waals surface area (Å²) in [5.74, 6) is -0.159. The van der Waals surface area contributed by atoms with E-state index in [0.29, 0.717) is 17.5 Å². The zero-order valence-corrected chi connectivity index (χ0v) is 12.4. The molecule has 3 aromatic rings. The fraction of sp³-hybridized carbons (Fsp3) is 0.133. The van der Waals surface area contributed by atoms with Gasteiger partial charge in [-0.05, 0) is 24.3 Å². The number of hydrogen-bond acceptors (Lipinski definition) is 6. The van der Waals surface area contributed by atoms with Crippen LogP contribution in [0.5, 0.6) is 0 Å². The smallest absolute Gasteiger partial charge is 0.360 e. The molecule has 2 heterocycles. The molecule has 0 saturated heterocycles. The molecule has 0 amide bonds. The molecule has 22 heavy (non-hydrogen) atoms. The Labute approximate surface area is 131 Å². The number of nitrogens with one attached hydrogen (secondary N) is 1. The lowest BCUT2D eigenvalue weighted by atomic mass is 10.2. The number of rotatable bonds is 4. The second-order valence-corrected chi connectivity index (χ2v) is 4.87. The van der Waals surface area contributed by atoms with Gasteiger partial charge in [-0.1, -0.05) is 11.6 Å². The van der Waals surface area contributed by atoms with Crippen molar-refractivity contribution in [2.75, 3.05) is 12.4 Å². The molecular formula is C15H12ClN3O3. The van der Waals surface area contributed by atoms with Crippen molar-refractivity contribution < 1.29 is 13.9 Å². The monoisotopic (exact) mass is 317 g/mol. The minimum atomic E-state index is -0.534. The summed E-state index contributed by atoms with van der Waals surface area (Å²) in [6.07, 6.45) is 2.96. The first kappa shape index (κ1) is 14.3. The summed E-state index contributed by atoms with van der Waals surface area (Å²) >= 11 is 6.15. The first-order valence-electron chi connectivity index (χ1n) is 6.49. The number of esters is 1. The molecule has 1 N–H and O–H groups in total. The highest BCUT2D eigenvalue weighted by Crippen LogP contribution is 2.28. The van der Waals surface area contributed by atoms with Gasteiger partial charge in [0.05, 0.1) is 29.9 Å². The van der Waals surface area contributed by atoms with E-state index in [4.69, 9.17) is 16.0 Å². The van der Waals surface area contributed by atoms with E-state index < -0.39 is 5.97 Å². The van der Waals surface area contributed by atoms with Crippen molar-refractivity contribution in [1.82, 2.24) is 9.97 Å². The maximum absolute atomic E-state index is 11.3. The zero-order chi connectivity index (χ0) is 15.5. The zero-order valence-electron chi connectivity index (χ0n) is 11.7. The number of methoxy groups -OCH3 is 1. The van der Waals surface area contributed by atoms with Crippen LogP contribution in [0.4, 0.5) is 5.69 Å². The Balaban J connectivity index is 1.81. The average Bonchev–Trinajstić information content (AvgIpc) is 3.03. The highest BCUT2D eigenvalue weighted by atomic mass is 35.5. The number of ether oxygens (including phenoxy) is 1. The highest BCUT2D eigenvalue weighted by Gasteiger charge is 2.12. The maximum atomic E-state index is 11.3. The molecular weight excluding hydrogens is 306 g/mol. The number of anilines is 1. The fourth-order valence-electron chi connectivity index (χ4n) is 2.04. The summed E-state index contributed by atoms with van der Waals surface area (Å²) < 4.78 is 9.80. The van der Waals surface area contributed by atoms with Crippen LogP contribution in [-0.4, -0.2) is 23.0 Å². The molecule has 0 bridgehead atoms. The van der Waals surface area contributed by atoms with E-state index in [1.807, 2.05) is 18.2 Å². The molecule has 0 spiro atoms. The van der Waals surface area contributed by atoms with Gasteiger partial charge in [-0.3, -0.25) is 4.98 Å². The summed E-state index contributed by atoms with van der Waals surface area (Å²) in [6.45, 7) is 0.310. The standard InChI is InChI=1S/C15H12ClN3O3/c1-21-15(20)12-8-22-13(19-12)7-18-11-5-4-10(16)9-3-2-6-17-14(9)11/h2-6,8,18H,7H2,1H3. The van der Waals surface area contributed by atoms with Crippen LogP contribution < -0.4 is 5.32 Å². The molecule has 0 aliphatic rings. The molecule has 0 saturated carbocycles. The molecule has 112 valence electrons. The summed E-state index contributed by atoms with van der Waals surface area (Å²) in [6, 6.07) is 7.36. The van der Waals surface area contributed by atoms with Gasteiger partial charge in [-0.25, -0.2) is 9.78 Å². The van der Waals surface area contributed by atoms with Gasteiger partial charge >= 0.3 is 5.97 Å². The number of hydrogen-bond donors (Lipinski definition) is 1. The Morgan fingerprint density at radius 3 is 3.09 bits per heavy atom. The minimum Gasteiger partial charge on any atom is -0.464 e. The number of carbonyl (C=O) groups excluding carboxylic acids is 1. The lowest BCUT2D eigenvalue weighted by molar-refractivity contribution is 0.0594.